The number of nitrogens with zero attached hydrogens (tertiary/aromatic N) is 3. The van der Waals surface area contributed by atoms with Gasteiger partial charge in [-0.05, 0) is 0 Å². The van der Waals surface area contributed by atoms with Crippen LogP contribution in [0.1, 0.15) is 5.89 Å². The number of aryl methyl sites for hydroxylation is 1. The predicted molar refractivity (Wildman–Crippen MR) is 46.6 cm³/mol. The first-order valence-electron chi connectivity index (χ1n) is 3.88. The number of rotatable bonds is 1. The van der Waals surface area contributed by atoms with Gasteiger partial charge in [0.2, 0.25) is 5.89 Å². The zero-order valence-electron chi connectivity index (χ0n) is 7.36. The van der Waals surface area contributed by atoms with Crippen LogP contribution in [0, 0.1) is 12.7 Å². The Morgan fingerprint density at radius 1 is 1.43 bits per heavy atom. The number of nitrogen functional groups attached to an aromatic ring is 1. The molecule has 0 fully saturated rings. The standard InChI is InChI=1S/C8H7FN4O/c1-4-12-13-8(14-4)7-6(10)2-5(9)3-11-7/h2-3H,10H2,1H3. The van der Waals surface area contributed by atoms with Crippen molar-refractivity contribution < 1.29 is 8.81 Å². The largest absolute Gasteiger partial charge is 0.420 e. The molecule has 72 valence electrons. The van der Waals surface area contributed by atoms with Crippen molar-refractivity contribution in [1.29, 1.82) is 0 Å². The maximum atomic E-state index is 12.7. The van der Waals surface area contributed by atoms with E-state index in [1.54, 1.807) is 6.92 Å². The minimum absolute atomic E-state index is 0.175. The van der Waals surface area contributed by atoms with Crippen molar-refractivity contribution in [1.82, 2.24) is 15.2 Å². The highest BCUT2D eigenvalue weighted by Gasteiger charge is 2.11. The van der Waals surface area contributed by atoms with E-state index in [0.717, 1.165) is 12.3 Å². The molecule has 0 radical (unpaired) electrons. The third-order valence-electron chi connectivity index (χ3n) is 1.61. The number of hydrogen-bond acceptors (Lipinski definition) is 5. The molecule has 2 aromatic rings. The summed E-state index contributed by atoms with van der Waals surface area (Å²) in [5.41, 5.74) is 6.01. The summed E-state index contributed by atoms with van der Waals surface area (Å²) in [4.78, 5) is 3.77. The minimum Gasteiger partial charge on any atom is -0.420 e. The van der Waals surface area contributed by atoms with Crippen molar-refractivity contribution in [3.8, 4) is 11.6 Å². The van der Waals surface area contributed by atoms with E-state index >= 15 is 0 Å². The highest BCUT2D eigenvalue weighted by atomic mass is 19.1. The molecule has 0 bridgehead atoms. The summed E-state index contributed by atoms with van der Waals surface area (Å²) in [7, 11) is 0. The number of anilines is 1. The van der Waals surface area contributed by atoms with Crippen LogP contribution in [0.2, 0.25) is 0 Å². The lowest BCUT2D eigenvalue weighted by atomic mass is 10.3. The number of aromatic nitrogens is 3. The average Bonchev–Trinajstić information content (AvgIpc) is 2.51. The molecule has 0 aliphatic heterocycles. The van der Waals surface area contributed by atoms with E-state index in [0.29, 0.717) is 11.6 Å². The lowest BCUT2D eigenvalue weighted by molar-refractivity contribution is 0.530. The Labute approximate surface area is 78.8 Å². The van der Waals surface area contributed by atoms with Crippen molar-refractivity contribution in [2.24, 2.45) is 0 Å². The van der Waals surface area contributed by atoms with Gasteiger partial charge in [-0.2, -0.15) is 0 Å². The Hall–Kier alpha value is -1.98. The van der Waals surface area contributed by atoms with Gasteiger partial charge in [0.1, 0.15) is 5.82 Å². The van der Waals surface area contributed by atoms with Crippen molar-refractivity contribution in [3.05, 3.63) is 24.0 Å². The van der Waals surface area contributed by atoms with E-state index in [-0.39, 0.29) is 11.6 Å². The van der Waals surface area contributed by atoms with Crippen molar-refractivity contribution >= 4 is 5.69 Å². The smallest absolute Gasteiger partial charge is 0.268 e. The summed E-state index contributed by atoms with van der Waals surface area (Å²) in [6.07, 6.45) is 1.05. The Morgan fingerprint density at radius 2 is 2.21 bits per heavy atom. The molecule has 2 N–H and O–H groups in total. The zero-order valence-corrected chi connectivity index (χ0v) is 7.36. The second-order valence-electron chi connectivity index (χ2n) is 2.72. The van der Waals surface area contributed by atoms with Crippen LogP contribution in [0.3, 0.4) is 0 Å². The Bertz CT molecular complexity index is 468. The Morgan fingerprint density at radius 3 is 2.79 bits per heavy atom. The van der Waals surface area contributed by atoms with E-state index in [1.165, 1.54) is 0 Å². The van der Waals surface area contributed by atoms with Crippen LogP contribution in [0.25, 0.3) is 11.6 Å². The van der Waals surface area contributed by atoms with Gasteiger partial charge in [0, 0.05) is 13.0 Å². The number of halogens is 1. The quantitative estimate of drug-likeness (QED) is 0.736. The minimum atomic E-state index is -0.498. The number of pyridine rings is 1. The SMILES string of the molecule is Cc1nnc(-c2ncc(F)cc2N)o1. The zero-order chi connectivity index (χ0) is 10.1. The fourth-order valence-electron chi connectivity index (χ4n) is 1.03. The van der Waals surface area contributed by atoms with Crippen molar-refractivity contribution in [2.75, 3.05) is 5.73 Å². The van der Waals surface area contributed by atoms with Crippen molar-refractivity contribution in [2.45, 2.75) is 6.92 Å². The van der Waals surface area contributed by atoms with Gasteiger partial charge in [0.05, 0.1) is 11.9 Å². The lowest BCUT2D eigenvalue weighted by Gasteiger charge is -1.98. The molecule has 6 heteroatoms. The molecule has 0 spiro atoms. The fraction of sp³-hybridized carbons (Fsp3) is 0.125. The summed E-state index contributed by atoms with van der Waals surface area (Å²) in [6.45, 7) is 1.65. The summed E-state index contributed by atoms with van der Waals surface area (Å²) in [5.74, 6) is 0.105. The Balaban J connectivity index is 2.52. The molecule has 0 saturated heterocycles. The van der Waals surface area contributed by atoms with Crippen LogP contribution in [0.5, 0.6) is 0 Å². The normalized spacial score (nSPS) is 10.4. The van der Waals surface area contributed by atoms with Crippen LogP contribution in [0.4, 0.5) is 10.1 Å². The maximum absolute atomic E-state index is 12.7. The monoisotopic (exact) mass is 194 g/mol. The summed E-state index contributed by atoms with van der Waals surface area (Å²) < 4.78 is 17.8. The van der Waals surface area contributed by atoms with Gasteiger partial charge < -0.3 is 10.2 Å². The van der Waals surface area contributed by atoms with Crippen LogP contribution < -0.4 is 5.73 Å². The van der Waals surface area contributed by atoms with E-state index in [1.807, 2.05) is 0 Å². The molecule has 0 unspecified atom stereocenters. The van der Waals surface area contributed by atoms with E-state index in [2.05, 4.69) is 15.2 Å². The first-order valence-corrected chi connectivity index (χ1v) is 3.88. The molecule has 14 heavy (non-hydrogen) atoms. The molecule has 2 rings (SSSR count). The summed E-state index contributed by atoms with van der Waals surface area (Å²) in [5, 5.41) is 7.35. The Kier molecular flexibility index (Phi) is 1.88. The van der Waals surface area contributed by atoms with E-state index in [9.17, 15) is 4.39 Å². The van der Waals surface area contributed by atoms with E-state index in [4.69, 9.17) is 10.2 Å². The maximum Gasteiger partial charge on any atom is 0.268 e. The number of hydrogen-bond donors (Lipinski definition) is 1. The highest BCUT2D eigenvalue weighted by molar-refractivity contribution is 5.65. The van der Waals surface area contributed by atoms with Gasteiger partial charge in [0.25, 0.3) is 5.89 Å². The van der Waals surface area contributed by atoms with Crippen molar-refractivity contribution in [3.63, 3.8) is 0 Å². The molecule has 0 aliphatic carbocycles. The number of nitrogens with two attached hydrogens (primary N) is 1. The average molecular weight is 194 g/mol. The molecular weight excluding hydrogens is 187 g/mol. The molecule has 2 heterocycles. The summed E-state index contributed by atoms with van der Waals surface area (Å²) in [6, 6.07) is 1.15. The molecular formula is C8H7FN4O. The molecule has 2 aromatic heterocycles. The molecule has 0 amide bonds. The first-order chi connectivity index (χ1) is 6.66. The molecule has 0 saturated carbocycles. The van der Waals surface area contributed by atoms with E-state index < -0.39 is 5.82 Å². The second-order valence-corrected chi connectivity index (χ2v) is 2.72. The van der Waals surface area contributed by atoms with Crippen LogP contribution in [-0.2, 0) is 0 Å². The second kappa shape index (κ2) is 3.06. The fourth-order valence-corrected chi connectivity index (χ4v) is 1.03. The molecule has 0 aromatic carbocycles. The lowest BCUT2D eigenvalue weighted by Crippen LogP contribution is -1.94. The predicted octanol–water partition coefficient (Wildman–Crippen LogP) is 1.16. The van der Waals surface area contributed by atoms with Gasteiger partial charge in [-0.3, -0.25) is 0 Å². The van der Waals surface area contributed by atoms with Crippen LogP contribution in [-0.4, -0.2) is 15.2 Å². The third-order valence-corrected chi connectivity index (χ3v) is 1.61. The van der Waals surface area contributed by atoms with Gasteiger partial charge in [-0.25, -0.2) is 9.37 Å². The highest BCUT2D eigenvalue weighted by Crippen LogP contribution is 2.21. The first kappa shape index (κ1) is 8.61. The van der Waals surface area contributed by atoms with Crippen LogP contribution in [0.15, 0.2) is 16.7 Å². The van der Waals surface area contributed by atoms with Gasteiger partial charge in [-0.1, -0.05) is 0 Å². The van der Waals surface area contributed by atoms with Gasteiger partial charge >= 0.3 is 0 Å². The van der Waals surface area contributed by atoms with Crippen LogP contribution >= 0.6 is 0 Å². The summed E-state index contributed by atoms with van der Waals surface area (Å²) >= 11 is 0. The topological polar surface area (TPSA) is 77.8 Å². The van der Waals surface area contributed by atoms with Gasteiger partial charge in [0.15, 0.2) is 5.69 Å². The third kappa shape index (κ3) is 1.41. The molecule has 0 aliphatic rings. The molecule has 5 nitrogen and oxygen atoms in total. The molecule has 0 atom stereocenters. The van der Waals surface area contributed by atoms with Gasteiger partial charge in [-0.15, -0.1) is 10.2 Å².